The van der Waals surface area contributed by atoms with Crippen LogP contribution in [0.25, 0.3) is 0 Å². The molecule has 84 valence electrons. The van der Waals surface area contributed by atoms with E-state index in [1.54, 1.807) is 6.92 Å². The van der Waals surface area contributed by atoms with Crippen LogP contribution >= 0.6 is 0 Å². The molecule has 1 heterocycles. The van der Waals surface area contributed by atoms with Crippen LogP contribution in [0.5, 0.6) is 0 Å². The smallest absolute Gasteiger partial charge is 0.277 e. The molecule has 4 amide bonds. The zero-order valence-corrected chi connectivity index (χ0v) is 9.08. The normalized spacial score (nSPS) is 21.9. The number of carbonyl (C=O) groups is 3. The molecule has 1 fully saturated rings. The summed E-state index contributed by atoms with van der Waals surface area (Å²) in [5.41, 5.74) is 0. The molecule has 1 N–H and O–H groups in total. The van der Waals surface area contributed by atoms with Gasteiger partial charge in [0.15, 0.2) is 0 Å². The highest BCUT2D eigenvalue weighted by Gasteiger charge is 2.38. The fourth-order valence-electron chi connectivity index (χ4n) is 1.55. The topological polar surface area (TPSA) is 66.5 Å². The number of rotatable bonds is 4. The predicted molar refractivity (Wildman–Crippen MR) is 53.9 cm³/mol. The van der Waals surface area contributed by atoms with Crippen molar-refractivity contribution in [3.63, 3.8) is 0 Å². The molecule has 1 unspecified atom stereocenters. The second kappa shape index (κ2) is 4.91. The molecule has 0 radical (unpaired) electrons. The Morgan fingerprint density at radius 2 is 1.93 bits per heavy atom. The van der Waals surface area contributed by atoms with E-state index in [0.717, 1.165) is 17.7 Å². The summed E-state index contributed by atoms with van der Waals surface area (Å²) < 4.78 is 0. The molecule has 0 bridgehead atoms. The summed E-state index contributed by atoms with van der Waals surface area (Å²) in [4.78, 5) is 35.5. The minimum atomic E-state index is -0.695. The van der Waals surface area contributed by atoms with Crippen molar-refractivity contribution in [1.29, 1.82) is 0 Å². The molecule has 5 heteroatoms. The van der Waals surface area contributed by atoms with Gasteiger partial charge in [-0.1, -0.05) is 20.3 Å². The van der Waals surface area contributed by atoms with E-state index < -0.39 is 17.9 Å². The van der Waals surface area contributed by atoms with Crippen molar-refractivity contribution in [3.8, 4) is 0 Å². The van der Waals surface area contributed by atoms with Crippen LogP contribution in [-0.2, 0) is 9.59 Å². The van der Waals surface area contributed by atoms with Gasteiger partial charge in [-0.05, 0) is 12.8 Å². The summed E-state index contributed by atoms with van der Waals surface area (Å²) >= 11 is 0. The second-order valence-electron chi connectivity index (χ2n) is 3.60. The molecule has 0 aromatic carbocycles. The van der Waals surface area contributed by atoms with E-state index in [2.05, 4.69) is 5.32 Å². The van der Waals surface area contributed by atoms with E-state index in [1.165, 1.54) is 0 Å². The first-order valence-corrected chi connectivity index (χ1v) is 5.28. The molecule has 0 spiro atoms. The second-order valence-corrected chi connectivity index (χ2v) is 3.60. The van der Waals surface area contributed by atoms with Crippen molar-refractivity contribution in [2.75, 3.05) is 6.54 Å². The van der Waals surface area contributed by atoms with E-state index in [0.29, 0.717) is 13.0 Å². The molecule has 5 nitrogen and oxygen atoms in total. The standard InChI is InChI=1S/C10H16N2O3/c1-3-5-6-12-9(14)7(4-2)8(13)11-10(12)15/h7H,3-6H2,1-2H3,(H,11,13,15). The monoisotopic (exact) mass is 212 g/mol. The maximum Gasteiger partial charge on any atom is 0.330 e. The van der Waals surface area contributed by atoms with Crippen molar-refractivity contribution in [2.24, 2.45) is 5.92 Å². The third-order valence-corrected chi connectivity index (χ3v) is 2.50. The van der Waals surface area contributed by atoms with E-state index in [9.17, 15) is 14.4 Å². The van der Waals surface area contributed by atoms with Gasteiger partial charge in [-0.15, -0.1) is 0 Å². The fourth-order valence-corrected chi connectivity index (χ4v) is 1.55. The molecular weight excluding hydrogens is 196 g/mol. The van der Waals surface area contributed by atoms with Crippen LogP contribution in [0, 0.1) is 5.92 Å². The zero-order valence-electron chi connectivity index (χ0n) is 9.08. The van der Waals surface area contributed by atoms with Gasteiger partial charge in [-0.25, -0.2) is 4.79 Å². The van der Waals surface area contributed by atoms with E-state index >= 15 is 0 Å². The van der Waals surface area contributed by atoms with Crippen molar-refractivity contribution < 1.29 is 14.4 Å². The highest BCUT2D eigenvalue weighted by molar-refractivity contribution is 6.16. The Morgan fingerprint density at radius 1 is 1.27 bits per heavy atom. The Labute approximate surface area is 88.8 Å². The van der Waals surface area contributed by atoms with E-state index in [4.69, 9.17) is 0 Å². The maximum atomic E-state index is 11.7. The summed E-state index contributed by atoms with van der Waals surface area (Å²) in [7, 11) is 0. The average Bonchev–Trinajstić information content (AvgIpc) is 2.17. The van der Waals surface area contributed by atoms with Crippen molar-refractivity contribution in [1.82, 2.24) is 10.2 Å². The number of unbranched alkanes of at least 4 members (excludes halogenated alkanes) is 1. The van der Waals surface area contributed by atoms with Crippen LogP contribution in [0.15, 0.2) is 0 Å². The Hall–Kier alpha value is -1.39. The van der Waals surface area contributed by atoms with Crippen LogP contribution in [0.4, 0.5) is 4.79 Å². The molecule has 15 heavy (non-hydrogen) atoms. The first kappa shape index (κ1) is 11.7. The number of hydrogen-bond donors (Lipinski definition) is 1. The van der Waals surface area contributed by atoms with Crippen LogP contribution in [0.3, 0.4) is 0 Å². The third-order valence-electron chi connectivity index (χ3n) is 2.50. The SMILES string of the molecule is CCCCN1C(=O)NC(=O)C(CC)C1=O. The lowest BCUT2D eigenvalue weighted by atomic mass is 10.0. The number of nitrogens with zero attached hydrogens (tertiary/aromatic N) is 1. The van der Waals surface area contributed by atoms with Gasteiger partial charge in [-0.3, -0.25) is 19.8 Å². The lowest BCUT2D eigenvalue weighted by molar-refractivity contribution is -0.142. The lowest BCUT2D eigenvalue weighted by Crippen LogP contribution is -2.57. The molecular formula is C10H16N2O3. The van der Waals surface area contributed by atoms with Crippen LogP contribution in [-0.4, -0.2) is 29.3 Å². The third kappa shape index (κ3) is 2.34. The van der Waals surface area contributed by atoms with Gasteiger partial charge < -0.3 is 0 Å². The molecule has 0 aromatic rings. The fraction of sp³-hybridized carbons (Fsp3) is 0.700. The van der Waals surface area contributed by atoms with Crippen molar-refractivity contribution >= 4 is 17.8 Å². The van der Waals surface area contributed by atoms with E-state index in [1.807, 2.05) is 6.92 Å². The summed E-state index contributed by atoms with van der Waals surface area (Å²) in [5.74, 6) is -1.53. The molecule has 1 aliphatic rings. The predicted octanol–water partition coefficient (Wildman–Crippen LogP) is 0.891. The summed E-state index contributed by atoms with van der Waals surface area (Å²) in [6.45, 7) is 4.13. The summed E-state index contributed by atoms with van der Waals surface area (Å²) in [6.07, 6.45) is 2.10. The Kier molecular flexibility index (Phi) is 3.82. The largest absolute Gasteiger partial charge is 0.330 e. The maximum absolute atomic E-state index is 11.7. The van der Waals surface area contributed by atoms with Crippen molar-refractivity contribution in [3.05, 3.63) is 0 Å². The highest BCUT2D eigenvalue weighted by Crippen LogP contribution is 2.14. The quantitative estimate of drug-likeness (QED) is 0.704. The molecule has 1 saturated heterocycles. The van der Waals surface area contributed by atoms with Crippen LogP contribution in [0.1, 0.15) is 33.1 Å². The number of urea groups is 1. The van der Waals surface area contributed by atoms with Gasteiger partial charge in [-0.2, -0.15) is 0 Å². The van der Waals surface area contributed by atoms with Crippen LogP contribution < -0.4 is 5.32 Å². The Balaban J connectivity index is 2.74. The molecule has 0 aliphatic carbocycles. The first-order valence-electron chi connectivity index (χ1n) is 5.28. The number of nitrogens with one attached hydrogen (secondary N) is 1. The van der Waals surface area contributed by atoms with Gasteiger partial charge in [0.2, 0.25) is 11.8 Å². The number of carbonyl (C=O) groups excluding carboxylic acids is 3. The number of amides is 4. The Bertz CT molecular complexity index is 288. The number of hydrogen-bond acceptors (Lipinski definition) is 3. The van der Waals surface area contributed by atoms with Crippen molar-refractivity contribution in [2.45, 2.75) is 33.1 Å². The van der Waals surface area contributed by atoms with E-state index in [-0.39, 0.29) is 5.91 Å². The number of imide groups is 2. The van der Waals surface area contributed by atoms with Gasteiger partial charge >= 0.3 is 6.03 Å². The average molecular weight is 212 g/mol. The first-order chi connectivity index (χ1) is 7.11. The summed E-state index contributed by atoms with van der Waals surface area (Å²) in [6, 6.07) is -0.580. The lowest BCUT2D eigenvalue weighted by Gasteiger charge is -2.29. The highest BCUT2D eigenvalue weighted by atomic mass is 16.2. The van der Waals surface area contributed by atoms with Gasteiger partial charge in [0.25, 0.3) is 0 Å². The minimum absolute atomic E-state index is 0.361. The molecule has 1 rings (SSSR count). The zero-order chi connectivity index (χ0) is 11.4. The minimum Gasteiger partial charge on any atom is -0.277 e. The Morgan fingerprint density at radius 3 is 2.47 bits per heavy atom. The molecule has 0 saturated carbocycles. The molecule has 0 aromatic heterocycles. The summed E-state index contributed by atoms with van der Waals surface area (Å²) in [5, 5.41) is 2.20. The molecule has 1 aliphatic heterocycles. The number of barbiturate groups is 1. The van der Waals surface area contributed by atoms with Gasteiger partial charge in [0, 0.05) is 6.54 Å². The van der Waals surface area contributed by atoms with Gasteiger partial charge in [0.05, 0.1) is 0 Å². The molecule has 1 atom stereocenters. The van der Waals surface area contributed by atoms with Crippen LogP contribution in [0.2, 0.25) is 0 Å². The van der Waals surface area contributed by atoms with Gasteiger partial charge in [0.1, 0.15) is 5.92 Å².